The Morgan fingerprint density at radius 2 is 1.97 bits per heavy atom. The van der Waals surface area contributed by atoms with Crippen LogP contribution in [0.1, 0.15) is 39.7 Å². The highest BCUT2D eigenvalue weighted by Crippen LogP contribution is 2.47. The number of anilines is 3. The molecule has 0 N–H and O–H groups in total. The molecule has 0 aromatic carbocycles. The molecule has 6 heterocycles. The number of amides is 1. The van der Waals surface area contributed by atoms with E-state index in [1.165, 1.54) is 11.8 Å². The van der Waals surface area contributed by atoms with E-state index in [2.05, 4.69) is 41.7 Å². The van der Waals surface area contributed by atoms with Crippen LogP contribution >= 0.6 is 11.8 Å². The number of hydrogen-bond acceptors (Lipinski definition) is 8. The molecule has 2 unspecified atom stereocenters. The molecular weight excluding hydrogens is 491 g/mol. The summed E-state index contributed by atoms with van der Waals surface area (Å²) in [5, 5.41) is 5.48. The predicted octanol–water partition coefficient (Wildman–Crippen LogP) is 3.55. The summed E-state index contributed by atoms with van der Waals surface area (Å²) < 4.78 is 14.9. The Balaban J connectivity index is 1.30. The Bertz CT molecular complexity index is 1350. The Morgan fingerprint density at radius 1 is 1.19 bits per heavy atom. The highest BCUT2D eigenvalue weighted by molar-refractivity contribution is 8.02. The van der Waals surface area contributed by atoms with Gasteiger partial charge in [0.2, 0.25) is 5.91 Å². The molecule has 2 saturated heterocycles. The predicted molar refractivity (Wildman–Crippen MR) is 144 cm³/mol. The first-order valence-electron chi connectivity index (χ1n) is 13.0. The van der Waals surface area contributed by atoms with Crippen LogP contribution in [0.25, 0.3) is 10.9 Å². The molecular formula is C26H33FN8OS. The number of piperazine rings is 1. The average molecular weight is 525 g/mol. The average Bonchev–Trinajstić information content (AvgIpc) is 3.40. The topological polar surface area (TPSA) is 83.3 Å². The van der Waals surface area contributed by atoms with Gasteiger partial charge >= 0.3 is 0 Å². The van der Waals surface area contributed by atoms with Crippen LogP contribution < -0.4 is 9.80 Å². The maximum absolute atomic E-state index is 13.8. The number of carbonyl (C=O) groups excluding carboxylic acids is 1. The number of aromatic nitrogens is 5. The van der Waals surface area contributed by atoms with E-state index in [1.807, 2.05) is 28.9 Å². The Morgan fingerprint density at radius 3 is 2.65 bits per heavy atom. The molecule has 0 spiro atoms. The molecule has 2 fully saturated rings. The fourth-order valence-corrected chi connectivity index (χ4v) is 6.93. The molecule has 3 aromatic rings. The molecule has 0 radical (unpaired) electrons. The molecule has 3 aliphatic heterocycles. The van der Waals surface area contributed by atoms with E-state index >= 15 is 0 Å². The summed E-state index contributed by atoms with van der Waals surface area (Å²) in [6.07, 6.45) is 5.98. The molecule has 0 bridgehead atoms. The SMILES string of the molecule is CCn1ncc2cnc(N3CC(C)(C)c4c(N5CCN(C(=O)C6(CF)CCS6)C(C)C5)ncnc43)cc21. The van der Waals surface area contributed by atoms with E-state index in [1.54, 1.807) is 6.33 Å². The first kappa shape index (κ1) is 24.4. The normalized spacial score (nSPS) is 24.9. The number of hydrogen-bond donors (Lipinski definition) is 0. The van der Waals surface area contributed by atoms with Crippen molar-refractivity contribution in [2.75, 3.05) is 48.4 Å². The lowest BCUT2D eigenvalue weighted by molar-refractivity contribution is -0.137. The molecule has 2 atom stereocenters. The minimum Gasteiger partial charge on any atom is -0.352 e. The van der Waals surface area contributed by atoms with Crippen LogP contribution in [0.4, 0.5) is 21.8 Å². The molecule has 3 aliphatic rings. The number of carbonyl (C=O) groups is 1. The van der Waals surface area contributed by atoms with Crippen molar-refractivity contribution in [3.05, 3.63) is 30.4 Å². The van der Waals surface area contributed by atoms with Gasteiger partial charge in [-0.25, -0.2) is 19.3 Å². The van der Waals surface area contributed by atoms with Crippen molar-refractivity contribution in [3.8, 4) is 0 Å². The van der Waals surface area contributed by atoms with Crippen molar-refractivity contribution >= 4 is 46.0 Å². The molecule has 0 aliphatic carbocycles. The van der Waals surface area contributed by atoms with Gasteiger partial charge in [-0.3, -0.25) is 9.48 Å². The number of aryl methyl sites for hydroxylation is 1. The monoisotopic (exact) mass is 524 g/mol. The highest BCUT2D eigenvalue weighted by Gasteiger charge is 2.49. The van der Waals surface area contributed by atoms with E-state index < -0.39 is 11.4 Å². The molecule has 3 aromatic heterocycles. The van der Waals surface area contributed by atoms with Crippen molar-refractivity contribution in [2.45, 2.75) is 56.9 Å². The fraction of sp³-hybridized carbons (Fsp3) is 0.577. The van der Waals surface area contributed by atoms with Crippen LogP contribution in [-0.2, 0) is 16.8 Å². The minimum atomic E-state index is -0.865. The number of nitrogens with zero attached hydrogens (tertiary/aromatic N) is 8. The maximum Gasteiger partial charge on any atom is 0.241 e. The van der Waals surface area contributed by atoms with E-state index in [0.29, 0.717) is 26.1 Å². The van der Waals surface area contributed by atoms with Crippen LogP contribution in [0.15, 0.2) is 24.8 Å². The lowest BCUT2D eigenvalue weighted by Gasteiger charge is -2.47. The summed E-state index contributed by atoms with van der Waals surface area (Å²) in [6.45, 7) is 11.4. The zero-order valence-electron chi connectivity index (χ0n) is 21.8. The molecule has 9 nitrogen and oxygen atoms in total. The van der Waals surface area contributed by atoms with Crippen molar-refractivity contribution in [2.24, 2.45) is 0 Å². The maximum atomic E-state index is 13.8. The highest BCUT2D eigenvalue weighted by atomic mass is 32.2. The number of thioether (sulfide) groups is 1. The standard InChI is InChI=1S/C26H33FN8OS/c1-5-35-19-10-20(28-11-18(19)12-31-35)34-15-25(3,4)21-22(29-16-30-23(21)34)32-7-8-33(17(2)13-32)24(36)26(14-27)6-9-37-26/h10-12,16-17H,5-9,13-15H2,1-4H3. The van der Waals surface area contributed by atoms with Crippen molar-refractivity contribution < 1.29 is 9.18 Å². The summed E-state index contributed by atoms with van der Waals surface area (Å²) in [5.74, 6) is 3.43. The molecule has 1 amide bonds. The number of rotatable bonds is 5. The second-order valence-corrected chi connectivity index (χ2v) is 12.4. The first-order valence-corrected chi connectivity index (χ1v) is 14.0. The largest absolute Gasteiger partial charge is 0.352 e. The Hall–Kier alpha value is -2.95. The van der Waals surface area contributed by atoms with Gasteiger partial charge in [-0.2, -0.15) is 5.10 Å². The molecule has 6 rings (SSSR count). The summed E-state index contributed by atoms with van der Waals surface area (Å²) in [4.78, 5) is 33.7. The van der Waals surface area contributed by atoms with Crippen LogP contribution in [0.5, 0.6) is 0 Å². The van der Waals surface area contributed by atoms with Gasteiger partial charge in [-0.15, -0.1) is 11.8 Å². The summed E-state index contributed by atoms with van der Waals surface area (Å²) >= 11 is 1.45. The molecule has 11 heteroatoms. The van der Waals surface area contributed by atoms with E-state index in [0.717, 1.165) is 52.8 Å². The van der Waals surface area contributed by atoms with Crippen LogP contribution in [-0.4, -0.2) is 84.9 Å². The Labute approximate surface area is 220 Å². The van der Waals surface area contributed by atoms with E-state index in [4.69, 9.17) is 15.0 Å². The van der Waals surface area contributed by atoms with Crippen molar-refractivity contribution in [1.82, 2.24) is 29.6 Å². The van der Waals surface area contributed by atoms with Crippen LogP contribution in [0.2, 0.25) is 0 Å². The van der Waals surface area contributed by atoms with Gasteiger partial charge in [-0.1, -0.05) is 13.8 Å². The second-order valence-electron chi connectivity index (χ2n) is 10.9. The molecule has 37 heavy (non-hydrogen) atoms. The smallest absolute Gasteiger partial charge is 0.241 e. The second kappa shape index (κ2) is 8.82. The van der Waals surface area contributed by atoms with Gasteiger partial charge in [0, 0.05) is 67.4 Å². The first-order chi connectivity index (χ1) is 17.8. The van der Waals surface area contributed by atoms with Gasteiger partial charge in [0.05, 0.1) is 11.7 Å². The van der Waals surface area contributed by atoms with Gasteiger partial charge < -0.3 is 14.7 Å². The van der Waals surface area contributed by atoms with Gasteiger partial charge in [0.1, 0.15) is 35.2 Å². The minimum absolute atomic E-state index is 0.0319. The third-order valence-corrected chi connectivity index (χ3v) is 9.51. The van der Waals surface area contributed by atoms with E-state index in [-0.39, 0.29) is 17.4 Å². The zero-order chi connectivity index (χ0) is 25.9. The lowest BCUT2D eigenvalue weighted by Crippen LogP contribution is -2.61. The lowest BCUT2D eigenvalue weighted by atomic mass is 9.87. The molecule has 196 valence electrons. The fourth-order valence-electron chi connectivity index (χ4n) is 5.91. The van der Waals surface area contributed by atoms with Crippen molar-refractivity contribution in [3.63, 3.8) is 0 Å². The van der Waals surface area contributed by atoms with Gasteiger partial charge in [0.15, 0.2) is 0 Å². The number of fused-ring (bicyclic) bond motifs is 2. The number of pyridine rings is 1. The Kier molecular flexibility index (Phi) is 5.81. The quantitative estimate of drug-likeness (QED) is 0.501. The summed E-state index contributed by atoms with van der Waals surface area (Å²) in [7, 11) is 0. The van der Waals surface area contributed by atoms with E-state index in [9.17, 15) is 9.18 Å². The van der Waals surface area contributed by atoms with Crippen LogP contribution in [0.3, 0.4) is 0 Å². The number of alkyl halides is 1. The third-order valence-electron chi connectivity index (χ3n) is 8.06. The van der Waals surface area contributed by atoms with Crippen molar-refractivity contribution in [1.29, 1.82) is 0 Å². The third kappa shape index (κ3) is 3.76. The number of halogens is 1. The van der Waals surface area contributed by atoms with Gasteiger partial charge in [0.25, 0.3) is 0 Å². The molecule has 0 saturated carbocycles. The van der Waals surface area contributed by atoms with Gasteiger partial charge in [-0.05, 0) is 26.0 Å². The zero-order valence-corrected chi connectivity index (χ0v) is 22.6. The summed E-state index contributed by atoms with van der Waals surface area (Å²) in [6, 6.07) is 2.06. The van der Waals surface area contributed by atoms with Crippen LogP contribution in [0, 0.1) is 0 Å². The summed E-state index contributed by atoms with van der Waals surface area (Å²) in [5.41, 5.74) is 1.95.